The van der Waals surface area contributed by atoms with Crippen LogP contribution < -0.4 is 5.32 Å². The van der Waals surface area contributed by atoms with Gasteiger partial charge in [0.05, 0.1) is 4.90 Å². The summed E-state index contributed by atoms with van der Waals surface area (Å²) in [5.74, 6) is -0.701. The van der Waals surface area contributed by atoms with Crippen molar-refractivity contribution in [2.45, 2.75) is 37.1 Å². The summed E-state index contributed by atoms with van der Waals surface area (Å²) >= 11 is 0. The van der Waals surface area contributed by atoms with Crippen LogP contribution >= 0.6 is 0 Å². The standard InChI is InChI=1S/C21H24F2N2O3S/c22-18-7-4-17(5-8-18)15-24-21(26)9-6-16-10-12-25(13-11-16)29(27,28)20-3-1-2-19(23)14-20/h1-5,7-8,14,16H,6,9-13,15H2,(H,24,26). The molecule has 1 saturated heterocycles. The number of sulfonamides is 1. The zero-order chi connectivity index (χ0) is 20.9. The minimum absolute atomic E-state index is 0.0314. The number of carbonyl (C=O) groups is 1. The SMILES string of the molecule is O=C(CCC1CCN(S(=O)(=O)c2cccc(F)c2)CC1)NCc1ccc(F)cc1. The summed E-state index contributed by atoms with van der Waals surface area (Å²) in [6, 6.07) is 11.0. The number of hydrogen-bond donors (Lipinski definition) is 1. The number of halogens is 2. The quantitative estimate of drug-likeness (QED) is 0.743. The van der Waals surface area contributed by atoms with E-state index < -0.39 is 15.8 Å². The van der Waals surface area contributed by atoms with Gasteiger partial charge in [-0.3, -0.25) is 4.79 Å². The molecule has 0 saturated carbocycles. The van der Waals surface area contributed by atoms with Crippen LogP contribution in [0.15, 0.2) is 53.4 Å². The molecule has 0 spiro atoms. The largest absolute Gasteiger partial charge is 0.352 e. The Morgan fingerprint density at radius 3 is 2.38 bits per heavy atom. The molecule has 0 unspecified atom stereocenters. The highest BCUT2D eigenvalue weighted by molar-refractivity contribution is 7.89. The summed E-state index contributed by atoms with van der Waals surface area (Å²) in [5, 5.41) is 2.81. The number of benzene rings is 2. The summed E-state index contributed by atoms with van der Waals surface area (Å²) in [5.41, 5.74) is 0.829. The predicted octanol–water partition coefficient (Wildman–Crippen LogP) is 3.46. The Labute approximate surface area is 169 Å². The molecule has 0 radical (unpaired) electrons. The molecule has 1 amide bonds. The third-order valence-electron chi connectivity index (χ3n) is 5.19. The topological polar surface area (TPSA) is 66.5 Å². The maximum Gasteiger partial charge on any atom is 0.243 e. The Morgan fingerprint density at radius 2 is 1.72 bits per heavy atom. The molecule has 0 aliphatic carbocycles. The van der Waals surface area contributed by atoms with Crippen LogP contribution in [0.2, 0.25) is 0 Å². The summed E-state index contributed by atoms with van der Waals surface area (Å²) in [7, 11) is -3.69. The van der Waals surface area contributed by atoms with Crippen molar-refractivity contribution in [3.63, 3.8) is 0 Å². The van der Waals surface area contributed by atoms with E-state index in [4.69, 9.17) is 0 Å². The number of amides is 1. The molecule has 0 aromatic heterocycles. The van der Waals surface area contributed by atoms with Crippen molar-refractivity contribution in [1.29, 1.82) is 0 Å². The summed E-state index contributed by atoms with van der Waals surface area (Å²) in [6.45, 7) is 1.07. The molecule has 1 fully saturated rings. The Bertz CT molecular complexity index is 941. The monoisotopic (exact) mass is 422 g/mol. The van der Waals surface area contributed by atoms with Gasteiger partial charge in [0, 0.05) is 26.1 Å². The Balaban J connectivity index is 1.42. The van der Waals surface area contributed by atoms with Gasteiger partial charge in [0.15, 0.2) is 0 Å². The lowest BCUT2D eigenvalue weighted by molar-refractivity contribution is -0.121. The van der Waals surface area contributed by atoms with Gasteiger partial charge in [0.2, 0.25) is 15.9 Å². The molecule has 1 aliphatic rings. The van der Waals surface area contributed by atoms with Crippen molar-refractivity contribution < 1.29 is 22.0 Å². The van der Waals surface area contributed by atoms with Crippen LogP contribution in [0.1, 0.15) is 31.2 Å². The molecular weight excluding hydrogens is 398 g/mol. The second-order valence-electron chi connectivity index (χ2n) is 7.25. The van der Waals surface area contributed by atoms with Gasteiger partial charge >= 0.3 is 0 Å². The van der Waals surface area contributed by atoms with Crippen LogP contribution in [0.25, 0.3) is 0 Å². The van der Waals surface area contributed by atoms with Crippen molar-refractivity contribution in [3.8, 4) is 0 Å². The highest BCUT2D eigenvalue weighted by Gasteiger charge is 2.29. The molecule has 29 heavy (non-hydrogen) atoms. The van der Waals surface area contributed by atoms with Crippen LogP contribution in [0, 0.1) is 17.6 Å². The third-order valence-corrected chi connectivity index (χ3v) is 7.08. The number of carbonyl (C=O) groups excluding carboxylic acids is 1. The van der Waals surface area contributed by atoms with Crippen LogP contribution in [0.3, 0.4) is 0 Å². The minimum atomic E-state index is -3.69. The van der Waals surface area contributed by atoms with Crippen molar-refractivity contribution in [2.24, 2.45) is 5.92 Å². The molecule has 1 aliphatic heterocycles. The molecule has 2 aromatic rings. The van der Waals surface area contributed by atoms with Crippen molar-refractivity contribution in [3.05, 3.63) is 65.7 Å². The lowest BCUT2D eigenvalue weighted by Crippen LogP contribution is -2.38. The molecule has 8 heteroatoms. The number of nitrogens with one attached hydrogen (secondary N) is 1. The van der Waals surface area contributed by atoms with Crippen LogP contribution in [-0.2, 0) is 21.4 Å². The Kier molecular flexibility index (Phi) is 6.97. The number of hydrogen-bond acceptors (Lipinski definition) is 3. The third kappa shape index (κ3) is 5.83. The average Bonchev–Trinajstić information content (AvgIpc) is 2.72. The van der Waals surface area contributed by atoms with Gasteiger partial charge in [-0.2, -0.15) is 4.31 Å². The fourth-order valence-corrected chi connectivity index (χ4v) is 4.94. The number of piperidine rings is 1. The number of rotatable bonds is 7. The Morgan fingerprint density at radius 1 is 1.03 bits per heavy atom. The van der Waals surface area contributed by atoms with Crippen LogP contribution in [-0.4, -0.2) is 31.7 Å². The molecule has 5 nitrogen and oxygen atoms in total. The lowest BCUT2D eigenvalue weighted by Gasteiger charge is -2.31. The van der Waals surface area contributed by atoms with Crippen LogP contribution in [0.5, 0.6) is 0 Å². The smallest absolute Gasteiger partial charge is 0.243 e. The second kappa shape index (κ2) is 9.45. The highest BCUT2D eigenvalue weighted by atomic mass is 32.2. The molecule has 1 N–H and O–H groups in total. The summed E-state index contributed by atoms with van der Waals surface area (Å²) in [6.07, 6.45) is 2.38. The van der Waals surface area contributed by atoms with Crippen molar-refractivity contribution in [2.75, 3.05) is 13.1 Å². The molecule has 0 bridgehead atoms. The molecule has 156 valence electrons. The average molecular weight is 422 g/mol. The fraction of sp³-hybridized carbons (Fsp3) is 0.381. The van der Waals surface area contributed by atoms with Gasteiger partial charge in [0.1, 0.15) is 11.6 Å². The maximum absolute atomic E-state index is 13.4. The number of nitrogens with zero attached hydrogens (tertiary/aromatic N) is 1. The second-order valence-corrected chi connectivity index (χ2v) is 9.18. The van der Waals surface area contributed by atoms with E-state index in [-0.39, 0.29) is 22.5 Å². The summed E-state index contributed by atoms with van der Waals surface area (Å²) < 4.78 is 52.9. The first kappa shape index (κ1) is 21.4. The Hall–Kier alpha value is -2.32. The van der Waals surface area contributed by atoms with E-state index in [2.05, 4.69) is 5.32 Å². The van der Waals surface area contributed by atoms with Gasteiger partial charge in [0.25, 0.3) is 0 Å². The van der Waals surface area contributed by atoms with Gasteiger partial charge in [-0.25, -0.2) is 17.2 Å². The van der Waals surface area contributed by atoms with E-state index in [0.29, 0.717) is 45.3 Å². The zero-order valence-electron chi connectivity index (χ0n) is 16.0. The molecular formula is C21H24F2N2O3S. The lowest BCUT2D eigenvalue weighted by atomic mass is 9.93. The van der Waals surface area contributed by atoms with Gasteiger partial charge in [-0.05, 0) is 61.1 Å². The summed E-state index contributed by atoms with van der Waals surface area (Å²) in [4.78, 5) is 12.0. The first-order chi connectivity index (χ1) is 13.8. The van der Waals surface area contributed by atoms with E-state index in [1.165, 1.54) is 34.6 Å². The van der Waals surface area contributed by atoms with Gasteiger partial charge in [-0.1, -0.05) is 18.2 Å². The van der Waals surface area contributed by atoms with E-state index >= 15 is 0 Å². The van der Waals surface area contributed by atoms with Crippen LogP contribution in [0.4, 0.5) is 8.78 Å². The van der Waals surface area contributed by atoms with Gasteiger partial charge in [-0.15, -0.1) is 0 Å². The molecule has 2 aromatic carbocycles. The van der Waals surface area contributed by atoms with Crippen molar-refractivity contribution >= 4 is 15.9 Å². The van der Waals surface area contributed by atoms with E-state index in [1.54, 1.807) is 12.1 Å². The molecule has 3 rings (SSSR count). The van der Waals surface area contributed by atoms with Crippen molar-refractivity contribution in [1.82, 2.24) is 9.62 Å². The fourth-order valence-electron chi connectivity index (χ4n) is 3.44. The van der Waals surface area contributed by atoms with Gasteiger partial charge < -0.3 is 5.32 Å². The molecule has 0 atom stereocenters. The van der Waals surface area contributed by atoms with E-state index in [9.17, 15) is 22.0 Å². The zero-order valence-corrected chi connectivity index (χ0v) is 16.8. The molecule has 1 heterocycles. The minimum Gasteiger partial charge on any atom is -0.352 e. The first-order valence-electron chi connectivity index (χ1n) is 9.61. The predicted molar refractivity (Wildman–Crippen MR) is 105 cm³/mol. The highest BCUT2D eigenvalue weighted by Crippen LogP contribution is 2.26. The maximum atomic E-state index is 13.4. The normalized spacial score (nSPS) is 15.9. The van der Waals surface area contributed by atoms with E-state index in [1.807, 2.05) is 0 Å². The van der Waals surface area contributed by atoms with E-state index in [0.717, 1.165) is 11.6 Å². The first-order valence-corrected chi connectivity index (χ1v) is 11.1.